The summed E-state index contributed by atoms with van der Waals surface area (Å²) in [5, 5.41) is 13.0. The summed E-state index contributed by atoms with van der Waals surface area (Å²) < 4.78 is 0. The summed E-state index contributed by atoms with van der Waals surface area (Å²) in [5.74, 6) is -0.518. The zero-order valence-electron chi connectivity index (χ0n) is 16.6. The molecule has 1 aliphatic heterocycles. The van der Waals surface area contributed by atoms with Crippen molar-refractivity contribution in [1.29, 1.82) is 5.26 Å². The van der Waals surface area contributed by atoms with E-state index < -0.39 is 5.91 Å². The number of carbonyl (C=O) groups excluding carboxylic acids is 2. The van der Waals surface area contributed by atoms with E-state index in [2.05, 4.69) is 19.2 Å². The lowest BCUT2D eigenvalue weighted by atomic mass is 10.0. The highest BCUT2D eigenvalue weighted by Gasteiger charge is 2.36. The summed E-state index contributed by atoms with van der Waals surface area (Å²) >= 11 is 6.12. The first kappa shape index (κ1) is 20.6. The molecule has 5 nitrogen and oxygen atoms in total. The van der Waals surface area contributed by atoms with Gasteiger partial charge in [-0.3, -0.25) is 9.59 Å². The number of hydrogen-bond donors (Lipinski definition) is 1. The fourth-order valence-electron chi connectivity index (χ4n) is 3.28. The Morgan fingerprint density at radius 3 is 2.62 bits per heavy atom. The maximum absolute atomic E-state index is 13.2. The summed E-state index contributed by atoms with van der Waals surface area (Å²) in [6, 6.07) is 14.3. The van der Waals surface area contributed by atoms with E-state index in [4.69, 9.17) is 11.6 Å². The van der Waals surface area contributed by atoms with E-state index in [0.717, 1.165) is 12.1 Å². The molecule has 1 heterocycles. The van der Waals surface area contributed by atoms with Crippen LogP contribution in [0.5, 0.6) is 0 Å². The van der Waals surface area contributed by atoms with Crippen LogP contribution >= 0.6 is 11.6 Å². The van der Waals surface area contributed by atoms with Gasteiger partial charge in [-0.15, -0.1) is 0 Å². The maximum Gasteiger partial charge on any atom is 0.267 e. The number of nitrogens with one attached hydrogen (secondary N) is 1. The zero-order valence-corrected chi connectivity index (χ0v) is 17.4. The molecule has 2 aromatic carbocycles. The van der Waals surface area contributed by atoms with Crippen LogP contribution in [0, 0.1) is 24.2 Å². The quantitative estimate of drug-likeness (QED) is 0.562. The number of halogens is 1. The molecule has 6 heteroatoms. The van der Waals surface area contributed by atoms with E-state index in [0.29, 0.717) is 34.3 Å². The van der Waals surface area contributed by atoms with Gasteiger partial charge in [0.05, 0.1) is 11.3 Å². The molecule has 29 heavy (non-hydrogen) atoms. The van der Waals surface area contributed by atoms with Gasteiger partial charge in [-0.1, -0.05) is 49.7 Å². The fourth-order valence-corrected chi connectivity index (χ4v) is 3.45. The molecular formula is C23H22ClN3O2. The Morgan fingerprint density at radius 2 is 1.93 bits per heavy atom. The third-order valence-electron chi connectivity index (χ3n) is 4.96. The lowest BCUT2D eigenvalue weighted by molar-refractivity contribution is -0.114. The van der Waals surface area contributed by atoms with E-state index in [1.54, 1.807) is 42.2 Å². The van der Waals surface area contributed by atoms with Crippen LogP contribution in [0.1, 0.15) is 31.4 Å². The van der Waals surface area contributed by atoms with Crippen LogP contribution in [0.4, 0.5) is 11.4 Å². The number of hydrogen-bond acceptors (Lipinski definition) is 3. The second-order valence-electron chi connectivity index (χ2n) is 7.38. The SMILES string of the molecule is Cc1c(Cl)cccc1NC(=O)C(C#N)=C1C(=O)N(CCC(C)C)c2ccccc21. The predicted molar refractivity (Wildman–Crippen MR) is 116 cm³/mol. The van der Waals surface area contributed by atoms with Gasteiger partial charge >= 0.3 is 0 Å². The fraction of sp³-hybridized carbons (Fsp3) is 0.261. The summed E-state index contributed by atoms with van der Waals surface area (Å²) in [5.41, 5.74) is 2.48. The van der Waals surface area contributed by atoms with Crippen LogP contribution in [0.2, 0.25) is 5.02 Å². The third-order valence-corrected chi connectivity index (χ3v) is 5.37. The average Bonchev–Trinajstić information content (AvgIpc) is 2.96. The Labute approximate surface area is 175 Å². The minimum absolute atomic E-state index is 0.143. The molecule has 0 spiro atoms. The van der Waals surface area contributed by atoms with Crippen LogP contribution in [-0.4, -0.2) is 18.4 Å². The van der Waals surface area contributed by atoms with Gasteiger partial charge in [0.25, 0.3) is 11.8 Å². The molecule has 2 amide bonds. The summed E-state index contributed by atoms with van der Waals surface area (Å²) in [6.45, 7) is 6.49. The number of amides is 2. The standard InChI is InChI=1S/C23H22ClN3O2/c1-14(2)11-12-27-20-10-5-4-7-16(20)21(23(27)29)17(13-25)22(28)26-19-9-6-8-18(24)15(19)3/h4-10,14H,11-12H2,1-3H3,(H,26,28). The van der Waals surface area contributed by atoms with Crippen molar-refractivity contribution in [3.63, 3.8) is 0 Å². The Balaban J connectivity index is 2.02. The number of rotatable bonds is 5. The normalized spacial score (nSPS) is 14.6. The number of fused-ring (bicyclic) bond motifs is 1. The summed E-state index contributed by atoms with van der Waals surface area (Å²) in [4.78, 5) is 27.7. The van der Waals surface area contributed by atoms with Gasteiger partial charge in [0.15, 0.2) is 0 Å². The Morgan fingerprint density at radius 1 is 1.21 bits per heavy atom. The average molecular weight is 408 g/mol. The van der Waals surface area contributed by atoms with Crippen molar-refractivity contribution in [3.05, 3.63) is 64.2 Å². The van der Waals surface area contributed by atoms with E-state index in [9.17, 15) is 14.9 Å². The van der Waals surface area contributed by atoms with Crippen LogP contribution in [-0.2, 0) is 9.59 Å². The van der Waals surface area contributed by atoms with E-state index >= 15 is 0 Å². The highest BCUT2D eigenvalue weighted by atomic mass is 35.5. The molecule has 3 rings (SSSR count). The van der Waals surface area contributed by atoms with Crippen molar-refractivity contribution in [2.45, 2.75) is 27.2 Å². The topological polar surface area (TPSA) is 73.2 Å². The number of nitrogens with zero attached hydrogens (tertiary/aromatic N) is 2. The van der Waals surface area contributed by atoms with Crippen LogP contribution < -0.4 is 10.2 Å². The molecule has 0 saturated heterocycles. The Kier molecular flexibility index (Phi) is 6.05. The van der Waals surface area contributed by atoms with Gasteiger partial charge in [-0.05, 0) is 43.0 Å². The zero-order chi connectivity index (χ0) is 21.1. The lowest BCUT2D eigenvalue weighted by Gasteiger charge is -2.18. The lowest BCUT2D eigenvalue weighted by Crippen LogP contribution is -2.29. The van der Waals surface area contributed by atoms with Gasteiger partial charge in [-0.25, -0.2) is 0 Å². The molecule has 0 fully saturated rings. The van der Waals surface area contributed by atoms with Crippen molar-refractivity contribution >= 4 is 40.4 Å². The minimum atomic E-state index is -0.623. The molecule has 1 aliphatic rings. The second-order valence-corrected chi connectivity index (χ2v) is 7.79. The highest BCUT2D eigenvalue weighted by molar-refractivity contribution is 6.38. The number of anilines is 2. The van der Waals surface area contributed by atoms with Crippen molar-refractivity contribution in [3.8, 4) is 6.07 Å². The smallest absolute Gasteiger partial charge is 0.267 e. The molecule has 0 aromatic heterocycles. The molecule has 1 N–H and O–H groups in total. The first-order valence-corrected chi connectivity index (χ1v) is 9.85. The number of para-hydroxylation sites is 1. The molecule has 0 unspecified atom stereocenters. The first-order chi connectivity index (χ1) is 13.8. The maximum atomic E-state index is 13.2. The third kappa shape index (κ3) is 4.03. The van der Waals surface area contributed by atoms with E-state index in [1.807, 2.05) is 18.2 Å². The van der Waals surface area contributed by atoms with Crippen LogP contribution in [0.25, 0.3) is 5.57 Å². The number of benzene rings is 2. The molecular weight excluding hydrogens is 386 g/mol. The predicted octanol–water partition coefficient (Wildman–Crippen LogP) is 4.96. The molecule has 2 aromatic rings. The minimum Gasteiger partial charge on any atom is -0.321 e. The van der Waals surface area contributed by atoms with Crippen molar-refractivity contribution in [1.82, 2.24) is 0 Å². The molecule has 0 radical (unpaired) electrons. The summed E-state index contributed by atoms with van der Waals surface area (Å²) in [7, 11) is 0. The van der Waals surface area contributed by atoms with Gasteiger partial charge in [0, 0.05) is 22.8 Å². The van der Waals surface area contributed by atoms with Crippen molar-refractivity contribution in [2.24, 2.45) is 5.92 Å². The number of carbonyl (C=O) groups is 2. The van der Waals surface area contributed by atoms with E-state index in [1.165, 1.54) is 0 Å². The Bertz CT molecular complexity index is 1050. The van der Waals surface area contributed by atoms with Gasteiger partial charge < -0.3 is 10.2 Å². The highest BCUT2D eigenvalue weighted by Crippen LogP contribution is 2.39. The van der Waals surface area contributed by atoms with Gasteiger partial charge in [0.1, 0.15) is 11.6 Å². The van der Waals surface area contributed by atoms with Crippen LogP contribution in [0.15, 0.2) is 48.0 Å². The summed E-state index contributed by atoms with van der Waals surface area (Å²) in [6.07, 6.45) is 0.823. The number of nitriles is 1. The largest absolute Gasteiger partial charge is 0.321 e. The van der Waals surface area contributed by atoms with Crippen molar-refractivity contribution in [2.75, 3.05) is 16.8 Å². The first-order valence-electron chi connectivity index (χ1n) is 9.47. The molecule has 0 saturated carbocycles. The molecule has 0 aliphatic carbocycles. The second kappa shape index (κ2) is 8.50. The van der Waals surface area contributed by atoms with E-state index in [-0.39, 0.29) is 17.1 Å². The molecule has 0 atom stereocenters. The monoisotopic (exact) mass is 407 g/mol. The van der Waals surface area contributed by atoms with Crippen molar-refractivity contribution < 1.29 is 9.59 Å². The molecule has 0 bridgehead atoms. The Hall–Kier alpha value is -3.10. The van der Waals surface area contributed by atoms with Gasteiger partial charge in [0.2, 0.25) is 0 Å². The van der Waals surface area contributed by atoms with Gasteiger partial charge in [-0.2, -0.15) is 5.26 Å². The molecule has 148 valence electrons. The van der Waals surface area contributed by atoms with Crippen LogP contribution in [0.3, 0.4) is 0 Å².